The second-order valence-electron chi connectivity index (χ2n) is 14.6. The normalized spacial score (nSPS) is 16.4. The summed E-state index contributed by atoms with van der Waals surface area (Å²) in [6.45, 7) is 4.50. The molecule has 0 bridgehead atoms. The predicted octanol–water partition coefficient (Wildman–Crippen LogP) is 8.71. The van der Waals surface area contributed by atoms with Gasteiger partial charge in [-0.3, -0.25) is 0 Å². The monoisotopic (exact) mass is 673 g/mol. The second kappa shape index (κ2) is 33.9. The average Bonchev–Trinajstić information content (AvgIpc) is 3.08. The Bertz CT molecular complexity index is 648. The Kier molecular flexibility index (Phi) is 33.5. The van der Waals surface area contributed by atoms with Crippen LogP contribution in [0.25, 0.3) is 0 Å². The van der Waals surface area contributed by atoms with Crippen LogP contribution < -0.4 is 0 Å². The molecule has 0 saturated heterocycles. The molecule has 0 amide bonds. The first-order chi connectivity index (χ1) is 22.8. The van der Waals surface area contributed by atoms with E-state index >= 15 is 0 Å². The minimum Gasteiger partial charge on any atom is -0.393 e. The van der Waals surface area contributed by atoms with Crippen molar-refractivity contribution in [3.63, 3.8) is 0 Å². The van der Waals surface area contributed by atoms with Crippen LogP contribution in [-0.2, 0) is 4.79 Å². The molecule has 0 aliphatic carbocycles. The van der Waals surface area contributed by atoms with Gasteiger partial charge in [-0.25, -0.2) is 0 Å². The third-order valence-electron chi connectivity index (χ3n) is 10.2. The quantitative estimate of drug-likeness (QED) is 0.0287. The van der Waals surface area contributed by atoms with Crippen molar-refractivity contribution in [1.82, 2.24) is 0 Å². The van der Waals surface area contributed by atoms with Crippen molar-refractivity contribution in [3.05, 3.63) is 0 Å². The molecule has 47 heavy (non-hydrogen) atoms. The third kappa shape index (κ3) is 26.9. The Labute approximate surface area is 290 Å². The van der Waals surface area contributed by atoms with Crippen LogP contribution in [0, 0.1) is 5.92 Å². The zero-order chi connectivity index (χ0) is 35.0. The van der Waals surface area contributed by atoms with Gasteiger partial charge in [-0.15, -0.1) is 0 Å². The van der Waals surface area contributed by atoms with Crippen molar-refractivity contribution in [3.8, 4) is 0 Å². The Hall–Kier alpha value is -0.570. The van der Waals surface area contributed by atoms with Crippen LogP contribution in [0.2, 0.25) is 0 Å². The lowest BCUT2D eigenvalue weighted by atomic mass is 9.84. The van der Waals surface area contributed by atoms with Gasteiger partial charge in [0.15, 0.2) is 6.29 Å². The third-order valence-corrected chi connectivity index (χ3v) is 10.2. The molecule has 3 unspecified atom stereocenters. The van der Waals surface area contributed by atoms with Crippen molar-refractivity contribution >= 4 is 6.29 Å². The lowest BCUT2D eigenvalue weighted by Crippen LogP contribution is -2.50. The highest BCUT2D eigenvalue weighted by Gasteiger charge is 2.36. The standard InChI is InChI=1S/C40H80O7/c1-3-5-7-9-11-13-15-16-17-18-19-20-21-23-25-27-29-31-35(42)34(30-28-26-24-22-14-12-10-8-6-4-2)32-36(43)38(45)40(47)39(46)37(44)33-41/h33-40,42-47H,3-32H2,1-2H3/t34?,35?,36?,37-,38+,39+,40+/m0/s1. The lowest BCUT2D eigenvalue weighted by Gasteiger charge is -2.31. The number of aliphatic hydroxyl groups is 6. The van der Waals surface area contributed by atoms with E-state index in [1.54, 1.807) is 0 Å². The van der Waals surface area contributed by atoms with Gasteiger partial charge in [-0.2, -0.15) is 0 Å². The predicted molar refractivity (Wildman–Crippen MR) is 195 cm³/mol. The van der Waals surface area contributed by atoms with Gasteiger partial charge in [0.05, 0.1) is 12.2 Å². The van der Waals surface area contributed by atoms with Gasteiger partial charge in [0.25, 0.3) is 0 Å². The second-order valence-corrected chi connectivity index (χ2v) is 14.6. The number of carbonyl (C=O) groups is 1. The first-order valence-corrected chi connectivity index (χ1v) is 20.3. The molecule has 7 atom stereocenters. The van der Waals surface area contributed by atoms with E-state index in [0.29, 0.717) is 6.42 Å². The summed E-state index contributed by atoms with van der Waals surface area (Å²) in [6, 6.07) is 0. The van der Waals surface area contributed by atoms with Crippen LogP contribution in [0.4, 0.5) is 0 Å². The molecule has 7 heteroatoms. The summed E-state index contributed by atoms with van der Waals surface area (Å²) in [5.41, 5.74) is 0. The van der Waals surface area contributed by atoms with Crippen LogP contribution in [0.15, 0.2) is 0 Å². The first-order valence-electron chi connectivity index (χ1n) is 20.3. The van der Waals surface area contributed by atoms with Gasteiger partial charge in [0.1, 0.15) is 24.4 Å². The molecule has 0 spiro atoms. The minimum atomic E-state index is -1.89. The van der Waals surface area contributed by atoms with Gasteiger partial charge in [0.2, 0.25) is 0 Å². The Morgan fingerprint density at radius 3 is 1.04 bits per heavy atom. The zero-order valence-corrected chi connectivity index (χ0v) is 30.9. The molecule has 0 aromatic heterocycles. The molecule has 0 radical (unpaired) electrons. The highest BCUT2D eigenvalue weighted by molar-refractivity contribution is 5.56. The van der Waals surface area contributed by atoms with Gasteiger partial charge in [-0.1, -0.05) is 187 Å². The summed E-state index contributed by atoms with van der Waals surface area (Å²) in [4.78, 5) is 10.8. The van der Waals surface area contributed by atoms with Gasteiger partial charge < -0.3 is 35.4 Å². The SMILES string of the molecule is CCCCCCCCCCCCCCCCCCCC(O)C(CCCCCCCCCCCC)CC(O)[C@@H](O)[C@@H](O)[C@H](O)[C@@H](O)C=O. The van der Waals surface area contributed by atoms with E-state index in [1.807, 2.05) is 0 Å². The topological polar surface area (TPSA) is 138 Å². The zero-order valence-electron chi connectivity index (χ0n) is 30.9. The summed E-state index contributed by atoms with van der Waals surface area (Å²) >= 11 is 0. The van der Waals surface area contributed by atoms with E-state index < -0.39 is 36.6 Å². The molecule has 7 nitrogen and oxygen atoms in total. The maximum atomic E-state index is 11.1. The van der Waals surface area contributed by atoms with Crippen LogP contribution in [0.3, 0.4) is 0 Å². The molecule has 0 aliphatic heterocycles. The first kappa shape index (κ1) is 46.4. The fourth-order valence-electron chi connectivity index (χ4n) is 6.84. The maximum absolute atomic E-state index is 11.1. The summed E-state index contributed by atoms with van der Waals surface area (Å²) in [7, 11) is 0. The molecule has 282 valence electrons. The smallest absolute Gasteiger partial charge is 0.151 e. The van der Waals surface area contributed by atoms with Gasteiger partial charge >= 0.3 is 0 Å². The molecule has 0 heterocycles. The highest BCUT2D eigenvalue weighted by Crippen LogP contribution is 2.26. The fourth-order valence-corrected chi connectivity index (χ4v) is 6.84. The molecule has 6 N–H and O–H groups in total. The summed E-state index contributed by atoms with van der Waals surface area (Å²) in [5.74, 6) is -0.241. The Morgan fingerprint density at radius 2 is 0.702 bits per heavy atom. The number of aldehydes is 1. The van der Waals surface area contributed by atoms with Gasteiger partial charge in [-0.05, 0) is 25.2 Å². The van der Waals surface area contributed by atoms with E-state index in [-0.39, 0.29) is 18.6 Å². The molecule has 0 saturated carbocycles. The van der Waals surface area contributed by atoms with Crippen molar-refractivity contribution in [2.45, 2.75) is 243 Å². The van der Waals surface area contributed by atoms with Crippen molar-refractivity contribution in [2.24, 2.45) is 5.92 Å². The Morgan fingerprint density at radius 1 is 0.383 bits per heavy atom. The molecular weight excluding hydrogens is 592 g/mol. The molecular formula is C40H80O7. The van der Waals surface area contributed by atoms with Gasteiger partial charge in [0, 0.05) is 0 Å². The van der Waals surface area contributed by atoms with Crippen molar-refractivity contribution in [1.29, 1.82) is 0 Å². The van der Waals surface area contributed by atoms with E-state index in [0.717, 1.165) is 38.5 Å². The highest BCUT2D eigenvalue weighted by atomic mass is 16.4. The molecule has 0 aromatic rings. The maximum Gasteiger partial charge on any atom is 0.151 e. The fraction of sp³-hybridized carbons (Fsp3) is 0.975. The largest absolute Gasteiger partial charge is 0.393 e. The Balaban J connectivity index is 4.35. The number of aliphatic hydroxyl groups excluding tert-OH is 6. The average molecular weight is 673 g/mol. The van der Waals surface area contributed by atoms with E-state index in [1.165, 1.54) is 141 Å². The van der Waals surface area contributed by atoms with Crippen molar-refractivity contribution < 1.29 is 35.4 Å². The van der Waals surface area contributed by atoms with Crippen LogP contribution >= 0.6 is 0 Å². The summed E-state index contributed by atoms with van der Waals surface area (Å²) in [6.07, 6.45) is 26.4. The van der Waals surface area contributed by atoms with Crippen LogP contribution in [0.5, 0.6) is 0 Å². The number of carbonyl (C=O) groups excluding carboxylic acids is 1. The van der Waals surface area contributed by atoms with Crippen LogP contribution in [-0.4, -0.2) is 73.5 Å². The molecule has 0 fully saturated rings. The minimum absolute atomic E-state index is 0.0830. The van der Waals surface area contributed by atoms with E-state index in [2.05, 4.69) is 13.8 Å². The summed E-state index contributed by atoms with van der Waals surface area (Å²) in [5, 5.41) is 61.9. The molecule has 0 aliphatic rings. The van der Waals surface area contributed by atoms with Crippen LogP contribution in [0.1, 0.15) is 206 Å². The molecule has 0 rings (SSSR count). The number of hydrogen-bond donors (Lipinski definition) is 6. The number of hydrogen-bond acceptors (Lipinski definition) is 7. The lowest BCUT2D eigenvalue weighted by molar-refractivity contribution is -0.147. The van der Waals surface area contributed by atoms with Crippen molar-refractivity contribution in [2.75, 3.05) is 0 Å². The number of rotatable bonds is 37. The molecule has 0 aromatic carbocycles. The van der Waals surface area contributed by atoms with E-state index in [4.69, 9.17) is 0 Å². The summed E-state index contributed by atoms with van der Waals surface area (Å²) < 4.78 is 0. The van der Waals surface area contributed by atoms with E-state index in [9.17, 15) is 35.4 Å². The number of unbranched alkanes of at least 4 members (excludes halogenated alkanes) is 25.